The third-order valence-corrected chi connectivity index (χ3v) is 9.84. The summed E-state index contributed by atoms with van der Waals surface area (Å²) < 4.78 is 2.36. The first-order chi connectivity index (χ1) is 26.3. The summed E-state index contributed by atoms with van der Waals surface area (Å²) >= 11 is 0. The van der Waals surface area contributed by atoms with Crippen LogP contribution in [-0.2, 0) is 0 Å². The molecule has 10 aromatic rings. The molecule has 0 fully saturated rings. The number of fused-ring (bicyclic) bond motifs is 4. The predicted molar refractivity (Wildman–Crippen MR) is 217 cm³/mol. The molecule has 248 valence electrons. The monoisotopic (exact) mass is 677 g/mol. The lowest BCUT2D eigenvalue weighted by Gasteiger charge is -2.12. The smallest absolute Gasteiger partial charge is 0.164 e. The molecule has 0 saturated carbocycles. The van der Waals surface area contributed by atoms with Crippen molar-refractivity contribution in [1.82, 2.24) is 24.5 Å². The van der Waals surface area contributed by atoms with E-state index in [9.17, 15) is 0 Å². The van der Waals surface area contributed by atoms with Crippen LogP contribution in [0.5, 0.6) is 0 Å². The highest BCUT2D eigenvalue weighted by atomic mass is 15.0. The fourth-order valence-electron chi connectivity index (χ4n) is 7.34. The summed E-state index contributed by atoms with van der Waals surface area (Å²) in [5, 5.41) is 3.61. The van der Waals surface area contributed by atoms with Crippen molar-refractivity contribution < 1.29 is 0 Å². The Morgan fingerprint density at radius 1 is 0.321 bits per heavy atom. The standard InChI is InChI=1S/C48H31N5/c1-3-14-32(15-4-1)46-50-47(33-16-5-2-6-17-33)52-48(51-46)36-20-11-19-35(30-36)42-29-28-39-38(24-13-25-43(39)49-42)34-18-12-21-37(31-34)53-44-26-9-7-22-40(44)41-23-8-10-27-45(41)53/h1-31H. The lowest BCUT2D eigenvalue weighted by molar-refractivity contribution is 1.07. The van der Waals surface area contributed by atoms with Crippen molar-refractivity contribution >= 4 is 32.7 Å². The predicted octanol–water partition coefficient (Wildman–Crippen LogP) is 11.9. The van der Waals surface area contributed by atoms with Crippen LogP contribution in [0.2, 0.25) is 0 Å². The molecule has 0 aliphatic heterocycles. The van der Waals surface area contributed by atoms with Gasteiger partial charge in [-0.15, -0.1) is 0 Å². The molecule has 3 aromatic heterocycles. The molecule has 0 bridgehead atoms. The Labute approximate surface area is 306 Å². The van der Waals surface area contributed by atoms with E-state index in [0.29, 0.717) is 17.5 Å². The molecule has 0 amide bonds. The average molecular weight is 678 g/mol. The molecule has 0 radical (unpaired) electrons. The zero-order chi connectivity index (χ0) is 35.1. The van der Waals surface area contributed by atoms with Crippen LogP contribution in [0.1, 0.15) is 0 Å². The topological polar surface area (TPSA) is 56.5 Å². The minimum Gasteiger partial charge on any atom is -0.309 e. The van der Waals surface area contributed by atoms with E-state index in [1.165, 1.54) is 21.8 Å². The molecule has 0 atom stereocenters. The number of hydrogen-bond donors (Lipinski definition) is 0. The fourth-order valence-corrected chi connectivity index (χ4v) is 7.34. The minimum absolute atomic E-state index is 0.616. The lowest BCUT2D eigenvalue weighted by atomic mass is 9.99. The number of aromatic nitrogens is 5. The Hall–Kier alpha value is -7.24. The Kier molecular flexibility index (Phi) is 7.40. The number of benzene rings is 7. The van der Waals surface area contributed by atoms with Gasteiger partial charge in [0, 0.05) is 44.1 Å². The molecule has 53 heavy (non-hydrogen) atoms. The summed E-state index contributed by atoms with van der Waals surface area (Å²) in [7, 11) is 0. The minimum atomic E-state index is 0.616. The summed E-state index contributed by atoms with van der Waals surface area (Å²) in [6.07, 6.45) is 0. The molecule has 0 N–H and O–H groups in total. The van der Waals surface area contributed by atoms with E-state index in [2.05, 4.69) is 120 Å². The van der Waals surface area contributed by atoms with Crippen molar-refractivity contribution in [3.63, 3.8) is 0 Å². The second-order valence-electron chi connectivity index (χ2n) is 13.1. The van der Waals surface area contributed by atoms with Gasteiger partial charge in [-0.3, -0.25) is 0 Å². The zero-order valence-electron chi connectivity index (χ0n) is 28.6. The van der Waals surface area contributed by atoms with Gasteiger partial charge in [-0.2, -0.15) is 0 Å². The van der Waals surface area contributed by atoms with Crippen molar-refractivity contribution in [2.75, 3.05) is 0 Å². The van der Waals surface area contributed by atoms with Crippen molar-refractivity contribution in [2.24, 2.45) is 0 Å². The number of hydrogen-bond acceptors (Lipinski definition) is 4. The molecular weight excluding hydrogens is 647 g/mol. The van der Waals surface area contributed by atoms with Crippen LogP contribution in [0, 0.1) is 0 Å². The van der Waals surface area contributed by atoms with Gasteiger partial charge in [0.1, 0.15) is 0 Å². The van der Waals surface area contributed by atoms with E-state index in [4.69, 9.17) is 19.9 Å². The van der Waals surface area contributed by atoms with Gasteiger partial charge >= 0.3 is 0 Å². The molecule has 0 spiro atoms. The van der Waals surface area contributed by atoms with Gasteiger partial charge in [-0.05, 0) is 53.6 Å². The molecule has 10 rings (SSSR count). The van der Waals surface area contributed by atoms with E-state index in [1.54, 1.807) is 0 Å². The van der Waals surface area contributed by atoms with Gasteiger partial charge in [0.05, 0.1) is 22.2 Å². The molecule has 5 nitrogen and oxygen atoms in total. The Bertz CT molecular complexity index is 2840. The lowest BCUT2D eigenvalue weighted by Crippen LogP contribution is -2.00. The van der Waals surface area contributed by atoms with E-state index in [0.717, 1.165) is 55.7 Å². The van der Waals surface area contributed by atoms with Crippen molar-refractivity contribution in [1.29, 1.82) is 0 Å². The molecule has 0 aliphatic carbocycles. The first-order valence-corrected chi connectivity index (χ1v) is 17.7. The van der Waals surface area contributed by atoms with Crippen LogP contribution in [-0.4, -0.2) is 24.5 Å². The Morgan fingerprint density at radius 3 is 1.53 bits per heavy atom. The Balaban J connectivity index is 1.04. The average Bonchev–Trinajstić information content (AvgIpc) is 3.58. The SMILES string of the molecule is c1ccc(-c2nc(-c3ccccc3)nc(-c3cccc(-c4ccc5c(-c6cccc(-n7c8ccccc8c8ccccc87)c6)cccc5n4)c3)n2)cc1. The summed E-state index contributed by atoms with van der Waals surface area (Å²) in [5.41, 5.74) is 11.4. The van der Waals surface area contributed by atoms with E-state index >= 15 is 0 Å². The van der Waals surface area contributed by atoms with Gasteiger partial charge < -0.3 is 4.57 Å². The highest BCUT2D eigenvalue weighted by Gasteiger charge is 2.15. The van der Waals surface area contributed by atoms with Crippen LogP contribution in [0.15, 0.2) is 188 Å². The van der Waals surface area contributed by atoms with Gasteiger partial charge in [-0.1, -0.05) is 146 Å². The van der Waals surface area contributed by atoms with Crippen LogP contribution < -0.4 is 0 Å². The fraction of sp³-hybridized carbons (Fsp3) is 0. The van der Waals surface area contributed by atoms with Crippen LogP contribution in [0.25, 0.3) is 94.9 Å². The largest absolute Gasteiger partial charge is 0.309 e. The maximum atomic E-state index is 5.19. The molecule has 0 aliphatic rings. The third-order valence-electron chi connectivity index (χ3n) is 9.84. The number of nitrogens with zero attached hydrogens (tertiary/aromatic N) is 5. The summed E-state index contributed by atoms with van der Waals surface area (Å²) in [5.74, 6) is 1.89. The number of pyridine rings is 1. The van der Waals surface area contributed by atoms with Crippen molar-refractivity contribution in [2.45, 2.75) is 0 Å². The second kappa shape index (κ2) is 12.8. The molecule has 5 heteroatoms. The van der Waals surface area contributed by atoms with E-state index < -0.39 is 0 Å². The molecular formula is C48H31N5. The summed E-state index contributed by atoms with van der Waals surface area (Å²) in [6.45, 7) is 0. The highest BCUT2D eigenvalue weighted by Crippen LogP contribution is 2.36. The molecule has 0 unspecified atom stereocenters. The first-order valence-electron chi connectivity index (χ1n) is 17.7. The van der Waals surface area contributed by atoms with Gasteiger partial charge in [0.25, 0.3) is 0 Å². The number of rotatable bonds is 6. The molecule has 3 heterocycles. The maximum absolute atomic E-state index is 5.19. The van der Waals surface area contributed by atoms with Crippen LogP contribution >= 0.6 is 0 Å². The quantitative estimate of drug-likeness (QED) is 0.176. The second-order valence-corrected chi connectivity index (χ2v) is 13.1. The van der Waals surface area contributed by atoms with E-state index in [-0.39, 0.29) is 0 Å². The first kappa shape index (κ1) is 30.6. The van der Waals surface area contributed by atoms with E-state index in [1.807, 2.05) is 72.8 Å². The van der Waals surface area contributed by atoms with Crippen LogP contribution in [0.4, 0.5) is 0 Å². The highest BCUT2D eigenvalue weighted by molar-refractivity contribution is 6.09. The number of para-hydroxylation sites is 2. The third kappa shape index (κ3) is 5.52. The van der Waals surface area contributed by atoms with Gasteiger partial charge in [0.15, 0.2) is 17.5 Å². The van der Waals surface area contributed by atoms with Crippen LogP contribution in [0.3, 0.4) is 0 Å². The van der Waals surface area contributed by atoms with Gasteiger partial charge in [0.2, 0.25) is 0 Å². The Morgan fingerprint density at radius 2 is 0.849 bits per heavy atom. The van der Waals surface area contributed by atoms with Crippen molar-refractivity contribution in [3.8, 4) is 62.2 Å². The maximum Gasteiger partial charge on any atom is 0.164 e. The summed E-state index contributed by atoms with van der Waals surface area (Å²) in [6, 6.07) is 65.1. The molecule has 0 saturated heterocycles. The summed E-state index contributed by atoms with van der Waals surface area (Å²) in [4.78, 5) is 19.9. The normalized spacial score (nSPS) is 11.4. The van der Waals surface area contributed by atoms with Gasteiger partial charge in [-0.25, -0.2) is 19.9 Å². The van der Waals surface area contributed by atoms with Crippen molar-refractivity contribution in [3.05, 3.63) is 188 Å². The zero-order valence-corrected chi connectivity index (χ0v) is 28.6. The molecule has 7 aromatic carbocycles.